The number of carbonyl (C=O) groups is 1. The van der Waals surface area contributed by atoms with Gasteiger partial charge in [-0.3, -0.25) is 0 Å². The molecule has 142 valence electrons. The minimum absolute atomic E-state index is 0.0149. The maximum Gasteiger partial charge on any atom is 0.317 e. The van der Waals surface area contributed by atoms with E-state index in [1.54, 1.807) is 0 Å². The molecular weight excluding hydrogens is 350 g/mol. The van der Waals surface area contributed by atoms with Crippen molar-refractivity contribution in [1.82, 2.24) is 15.5 Å². The Morgan fingerprint density at radius 3 is 2.77 bits per heavy atom. The summed E-state index contributed by atoms with van der Waals surface area (Å²) in [7, 11) is 0. The van der Waals surface area contributed by atoms with E-state index in [4.69, 9.17) is 16.3 Å². The molecule has 2 atom stereocenters. The highest BCUT2D eigenvalue weighted by atomic mass is 35.5. The Bertz CT molecular complexity index is 686. The number of rotatable bonds is 2. The van der Waals surface area contributed by atoms with E-state index < -0.39 is 0 Å². The summed E-state index contributed by atoms with van der Waals surface area (Å²) in [5.41, 5.74) is 1.49. The number of halogens is 1. The first-order valence-electron chi connectivity index (χ1n) is 9.62. The lowest BCUT2D eigenvalue weighted by Gasteiger charge is -2.51. The van der Waals surface area contributed by atoms with Crippen LogP contribution in [0.5, 0.6) is 5.75 Å². The summed E-state index contributed by atoms with van der Waals surface area (Å²) >= 11 is 6.00. The summed E-state index contributed by atoms with van der Waals surface area (Å²) in [6, 6.07) is 6.35. The molecule has 0 aromatic heterocycles. The predicted molar refractivity (Wildman–Crippen MR) is 103 cm³/mol. The highest BCUT2D eigenvalue weighted by Crippen LogP contribution is 2.37. The Morgan fingerprint density at radius 2 is 2.12 bits per heavy atom. The minimum Gasteiger partial charge on any atom is -0.491 e. The number of benzene rings is 1. The van der Waals surface area contributed by atoms with Crippen LogP contribution in [0.25, 0.3) is 0 Å². The highest BCUT2D eigenvalue weighted by molar-refractivity contribution is 6.30. The predicted octanol–water partition coefficient (Wildman–Crippen LogP) is 3.06. The third kappa shape index (κ3) is 3.52. The molecule has 1 aromatic carbocycles. The molecule has 0 radical (unpaired) electrons. The SMILES string of the molecule is CC1(C)CNC1C1CCN(C(=O)NC2COc3cc(Cl)ccc3C2)CC1. The maximum absolute atomic E-state index is 12.6. The van der Waals surface area contributed by atoms with Gasteiger partial charge in [-0.2, -0.15) is 0 Å². The molecule has 2 saturated heterocycles. The number of likely N-dealkylation sites (tertiary alicyclic amines) is 1. The zero-order chi connectivity index (χ0) is 18.3. The van der Waals surface area contributed by atoms with Crippen LogP contribution in [0.3, 0.4) is 0 Å². The number of ether oxygens (including phenoxy) is 1. The van der Waals surface area contributed by atoms with Crippen LogP contribution in [0.2, 0.25) is 5.02 Å². The summed E-state index contributed by atoms with van der Waals surface area (Å²) in [5, 5.41) is 7.41. The van der Waals surface area contributed by atoms with E-state index in [-0.39, 0.29) is 12.1 Å². The average molecular weight is 378 g/mol. The van der Waals surface area contributed by atoms with Gasteiger partial charge in [0.1, 0.15) is 12.4 Å². The number of nitrogens with zero attached hydrogens (tertiary/aromatic N) is 1. The maximum atomic E-state index is 12.6. The molecule has 2 amide bonds. The lowest BCUT2D eigenvalue weighted by molar-refractivity contribution is 0.0454. The number of fused-ring (bicyclic) bond motifs is 1. The van der Waals surface area contributed by atoms with Crippen LogP contribution in [0.15, 0.2) is 18.2 Å². The summed E-state index contributed by atoms with van der Waals surface area (Å²) in [6.07, 6.45) is 2.95. The smallest absolute Gasteiger partial charge is 0.317 e. The van der Waals surface area contributed by atoms with E-state index in [1.165, 1.54) is 0 Å². The first-order chi connectivity index (χ1) is 12.4. The second-order valence-corrected chi connectivity index (χ2v) is 9.02. The fourth-order valence-corrected chi connectivity index (χ4v) is 4.74. The Labute approximate surface area is 160 Å². The van der Waals surface area contributed by atoms with Gasteiger partial charge in [0.25, 0.3) is 0 Å². The lowest BCUT2D eigenvalue weighted by atomic mass is 9.68. The second-order valence-electron chi connectivity index (χ2n) is 8.59. The minimum atomic E-state index is 0.0149. The fourth-order valence-electron chi connectivity index (χ4n) is 4.57. The van der Waals surface area contributed by atoms with Gasteiger partial charge in [0.05, 0.1) is 6.04 Å². The van der Waals surface area contributed by atoms with Crippen molar-refractivity contribution in [2.24, 2.45) is 11.3 Å². The summed E-state index contributed by atoms with van der Waals surface area (Å²) < 4.78 is 5.77. The molecule has 2 fully saturated rings. The molecule has 2 unspecified atom stereocenters. The van der Waals surface area contributed by atoms with Crippen molar-refractivity contribution in [3.05, 3.63) is 28.8 Å². The van der Waals surface area contributed by atoms with Gasteiger partial charge < -0.3 is 20.3 Å². The van der Waals surface area contributed by atoms with Crippen LogP contribution in [0.1, 0.15) is 32.3 Å². The van der Waals surface area contributed by atoms with Crippen LogP contribution < -0.4 is 15.4 Å². The Kier molecular flexibility index (Phi) is 4.78. The normalized spacial score (nSPS) is 27.9. The van der Waals surface area contributed by atoms with Crippen LogP contribution in [0, 0.1) is 11.3 Å². The monoisotopic (exact) mass is 377 g/mol. The zero-order valence-electron chi connectivity index (χ0n) is 15.6. The molecule has 3 heterocycles. The number of piperidine rings is 1. The topological polar surface area (TPSA) is 53.6 Å². The van der Waals surface area contributed by atoms with Crippen molar-refractivity contribution in [2.75, 3.05) is 26.2 Å². The van der Waals surface area contributed by atoms with Crippen LogP contribution in [-0.4, -0.2) is 49.3 Å². The van der Waals surface area contributed by atoms with Gasteiger partial charge in [0.2, 0.25) is 0 Å². The Balaban J connectivity index is 1.28. The second kappa shape index (κ2) is 6.93. The van der Waals surface area contributed by atoms with E-state index >= 15 is 0 Å². The molecule has 6 heteroatoms. The molecule has 4 rings (SSSR count). The van der Waals surface area contributed by atoms with Gasteiger partial charge in [-0.15, -0.1) is 0 Å². The Morgan fingerprint density at radius 1 is 1.35 bits per heavy atom. The molecule has 0 saturated carbocycles. The molecule has 0 spiro atoms. The summed E-state index contributed by atoms with van der Waals surface area (Å²) in [6.45, 7) is 7.94. The van der Waals surface area contributed by atoms with Crippen LogP contribution in [-0.2, 0) is 6.42 Å². The number of carbonyl (C=O) groups excluding carboxylic acids is 1. The van der Waals surface area contributed by atoms with Crippen molar-refractivity contribution >= 4 is 17.6 Å². The highest BCUT2D eigenvalue weighted by Gasteiger charge is 2.43. The Hall–Kier alpha value is -1.46. The van der Waals surface area contributed by atoms with E-state index in [1.807, 2.05) is 23.1 Å². The van der Waals surface area contributed by atoms with Gasteiger partial charge in [-0.25, -0.2) is 4.79 Å². The number of nitrogens with one attached hydrogen (secondary N) is 2. The zero-order valence-corrected chi connectivity index (χ0v) is 16.3. The van der Waals surface area contributed by atoms with Crippen molar-refractivity contribution < 1.29 is 9.53 Å². The molecule has 26 heavy (non-hydrogen) atoms. The van der Waals surface area contributed by atoms with Crippen LogP contribution in [0.4, 0.5) is 4.79 Å². The number of amides is 2. The fraction of sp³-hybridized carbons (Fsp3) is 0.650. The van der Waals surface area contributed by atoms with Crippen molar-refractivity contribution in [1.29, 1.82) is 0 Å². The summed E-state index contributed by atoms with van der Waals surface area (Å²) in [5.74, 6) is 1.51. The van der Waals surface area contributed by atoms with Crippen LogP contribution >= 0.6 is 11.6 Å². The first kappa shape index (κ1) is 17.9. The average Bonchev–Trinajstić information content (AvgIpc) is 2.61. The summed E-state index contributed by atoms with van der Waals surface area (Å²) in [4.78, 5) is 14.6. The molecule has 0 bridgehead atoms. The molecule has 3 aliphatic rings. The molecule has 5 nitrogen and oxygen atoms in total. The molecule has 2 N–H and O–H groups in total. The molecular formula is C20H28ClN3O2. The van der Waals surface area contributed by atoms with Gasteiger partial charge in [0.15, 0.2) is 0 Å². The quantitative estimate of drug-likeness (QED) is 0.832. The van der Waals surface area contributed by atoms with Gasteiger partial charge in [-0.1, -0.05) is 31.5 Å². The van der Waals surface area contributed by atoms with Crippen molar-refractivity contribution in [2.45, 2.75) is 45.2 Å². The molecule has 0 aliphatic carbocycles. The van der Waals surface area contributed by atoms with Gasteiger partial charge in [-0.05, 0) is 48.3 Å². The van der Waals surface area contributed by atoms with Crippen molar-refractivity contribution in [3.63, 3.8) is 0 Å². The van der Waals surface area contributed by atoms with Crippen molar-refractivity contribution in [3.8, 4) is 5.75 Å². The molecule has 3 aliphatic heterocycles. The van der Waals surface area contributed by atoms with E-state index in [0.29, 0.717) is 29.0 Å². The third-order valence-electron chi connectivity index (χ3n) is 6.18. The lowest BCUT2D eigenvalue weighted by Crippen LogP contribution is -2.64. The number of hydrogen-bond donors (Lipinski definition) is 2. The number of hydrogen-bond acceptors (Lipinski definition) is 3. The third-order valence-corrected chi connectivity index (χ3v) is 6.42. The van der Waals surface area contributed by atoms with Gasteiger partial charge in [0, 0.05) is 30.7 Å². The largest absolute Gasteiger partial charge is 0.491 e. The molecule has 1 aromatic rings. The number of urea groups is 1. The van der Waals surface area contributed by atoms with E-state index in [0.717, 1.165) is 50.2 Å². The first-order valence-corrected chi connectivity index (χ1v) is 10.0. The van der Waals surface area contributed by atoms with Gasteiger partial charge >= 0.3 is 6.03 Å². The standard InChI is InChI=1S/C20H28ClN3O2/c1-20(2)12-22-18(20)13-5-7-24(8-6-13)19(25)23-16-9-14-3-4-15(21)10-17(14)26-11-16/h3-4,10,13,16,18,22H,5-9,11-12H2,1-2H3,(H,23,25). The van der Waals surface area contributed by atoms with E-state index in [2.05, 4.69) is 24.5 Å². The van der Waals surface area contributed by atoms with E-state index in [9.17, 15) is 4.79 Å².